The number of rotatable bonds is 4. The van der Waals surface area contributed by atoms with E-state index >= 15 is 0 Å². The average molecular weight is 384 g/mol. The summed E-state index contributed by atoms with van der Waals surface area (Å²) in [7, 11) is 0. The Kier molecular flexibility index (Phi) is 5.55. The van der Waals surface area contributed by atoms with Gasteiger partial charge in [-0.1, -0.05) is 24.3 Å². The highest BCUT2D eigenvalue weighted by Crippen LogP contribution is 2.24. The molecule has 0 atom stereocenters. The van der Waals surface area contributed by atoms with E-state index in [9.17, 15) is 4.79 Å². The minimum atomic E-state index is -0.385. The highest BCUT2D eigenvalue weighted by Gasteiger charge is 2.13. The van der Waals surface area contributed by atoms with Crippen LogP contribution in [0.25, 0.3) is 11.1 Å². The van der Waals surface area contributed by atoms with Crippen molar-refractivity contribution in [1.29, 1.82) is 5.26 Å². The molecule has 1 aliphatic heterocycles. The predicted octanol–water partition coefficient (Wildman–Crippen LogP) is 4.28. The van der Waals surface area contributed by atoms with Crippen LogP contribution in [0.4, 0.5) is 5.69 Å². The van der Waals surface area contributed by atoms with Crippen molar-refractivity contribution in [2.75, 3.05) is 31.2 Å². The number of nitriles is 1. The quantitative estimate of drug-likeness (QED) is 0.496. The van der Waals surface area contributed by atoms with Crippen LogP contribution in [0.5, 0.6) is 5.75 Å². The van der Waals surface area contributed by atoms with Crippen molar-refractivity contribution in [3.05, 3.63) is 83.9 Å². The van der Waals surface area contributed by atoms with Gasteiger partial charge in [-0.15, -0.1) is 0 Å². The third-order valence-corrected chi connectivity index (χ3v) is 4.89. The van der Waals surface area contributed by atoms with Crippen molar-refractivity contribution in [2.24, 2.45) is 0 Å². The number of hydrogen-bond acceptors (Lipinski definition) is 5. The summed E-state index contributed by atoms with van der Waals surface area (Å²) in [4.78, 5) is 14.7. The SMILES string of the molecule is N#Cc1ccc(-c2ccc(OC(=O)c3ccc(N4CCOCC4)cc3)cc2)cc1. The fourth-order valence-electron chi connectivity index (χ4n) is 3.25. The number of benzene rings is 3. The molecule has 1 heterocycles. The third-order valence-electron chi connectivity index (χ3n) is 4.89. The van der Waals surface area contributed by atoms with Crippen molar-refractivity contribution in [3.8, 4) is 22.9 Å². The number of morpholine rings is 1. The lowest BCUT2D eigenvalue weighted by Crippen LogP contribution is -2.36. The Morgan fingerprint density at radius 1 is 0.862 bits per heavy atom. The summed E-state index contributed by atoms with van der Waals surface area (Å²) < 4.78 is 10.9. The molecule has 3 aromatic rings. The molecule has 144 valence electrons. The standard InChI is InChI=1S/C24H20N2O3/c25-17-18-1-3-19(4-2-18)20-7-11-23(12-8-20)29-24(27)21-5-9-22(10-6-21)26-13-15-28-16-14-26/h1-12H,13-16H2. The summed E-state index contributed by atoms with van der Waals surface area (Å²) in [6.45, 7) is 3.16. The minimum absolute atomic E-state index is 0.385. The van der Waals surface area contributed by atoms with Crippen LogP contribution in [-0.4, -0.2) is 32.3 Å². The molecule has 0 aromatic heterocycles. The summed E-state index contributed by atoms with van der Waals surface area (Å²) in [6, 6.07) is 24.3. The van der Waals surface area contributed by atoms with Gasteiger partial charge in [0.05, 0.1) is 30.4 Å². The van der Waals surface area contributed by atoms with Crippen LogP contribution in [0.1, 0.15) is 15.9 Å². The molecule has 0 bridgehead atoms. The summed E-state index contributed by atoms with van der Waals surface area (Å²) >= 11 is 0. The Bertz CT molecular complexity index is 1010. The van der Waals surface area contributed by atoms with E-state index in [4.69, 9.17) is 14.7 Å². The molecule has 0 spiro atoms. The van der Waals surface area contributed by atoms with Gasteiger partial charge in [0.15, 0.2) is 0 Å². The van der Waals surface area contributed by atoms with E-state index in [2.05, 4.69) is 11.0 Å². The largest absolute Gasteiger partial charge is 0.423 e. The van der Waals surface area contributed by atoms with Gasteiger partial charge in [0.1, 0.15) is 5.75 Å². The highest BCUT2D eigenvalue weighted by atomic mass is 16.5. The number of ether oxygens (including phenoxy) is 2. The molecule has 0 saturated carbocycles. The first kappa shape index (κ1) is 18.7. The van der Waals surface area contributed by atoms with E-state index in [1.54, 1.807) is 36.4 Å². The summed E-state index contributed by atoms with van der Waals surface area (Å²) in [6.07, 6.45) is 0. The number of carbonyl (C=O) groups excluding carboxylic acids is 1. The van der Waals surface area contributed by atoms with Crippen molar-refractivity contribution in [1.82, 2.24) is 0 Å². The molecule has 4 rings (SSSR count). The van der Waals surface area contributed by atoms with Crippen molar-refractivity contribution in [2.45, 2.75) is 0 Å². The van der Waals surface area contributed by atoms with Gasteiger partial charge in [0.2, 0.25) is 0 Å². The molecular weight excluding hydrogens is 364 g/mol. The Hall–Kier alpha value is -3.62. The van der Waals surface area contributed by atoms with Gasteiger partial charge in [-0.25, -0.2) is 4.79 Å². The van der Waals surface area contributed by atoms with Crippen molar-refractivity contribution in [3.63, 3.8) is 0 Å². The first-order chi connectivity index (χ1) is 14.2. The summed E-state index contributed by atoms with van der Waals surface area (Å²) in [5, 5.41) is 8.89. The molecule has 0 amide bonds. The van der Waals surface area contributed by atoms with Crippen molar-refractivity contribution < 1.29 is 14.3 Å². The maximum Gasteiger partial charge on any atom is 0.343 e. The maximum absolute atomic E-state index is 12.4. The third kappa shape index (κ3) is 4.45. The molecule has 5 nitrogen and oxygen atoms in total. The normalized spacial score (nSPS) is 13.6. The number of carbonyl (C=O) groups is 1. The first-order valence-corrected chi connectivity index (χ1v) is 9.48. The zero-order valence-electron chi connectivity index (χ0n) is 15.9. The molecule has 29 heavy (non-hydrogen) atoms. The second-order valence-corrected chi connectivity index (χ2v) is 6.75. The summed E-state index contributed by atoms with van der Waals surface area (Å²) in [5.41, 5.74) is 4.21. The van der Waals surface area contributed by atoms with Gasteiger partial charge in [0, 0.05) is 18.8 Å². The fraction of sp³-hybridized carbons (Fsp3) is 0.167. The molecule has 1 saturated heterocycles. The number of anilines is 1. The van der Waals surface area contributed by atoms with Gasteiger partial charge < -0.3 is 14.4 Å². The Morgan fingerprint density at radius 2 is 1.45 bits per heavy atom. The topological polar surface area (TPSA) is 62.6 Å². The minimum Gasteiger partial charge on any atom is -0.423 e. The molecule has 3 aromatic carbocycles. The second kappa shape index (κ2) is 8.59. The van der Waals surface area contributed by atoms with Gasteiger partial charge in [-0.3, -0.25) is 0 Å². The molecule has 1 aliphatic rings. The Labute approximate surface area is 169 Å². The zero-order chi connectivity index (χ0) is 20.1. The fourth-order valence-corrected chi connectivity index (χ4v) is 3.25. The number of nitrogens with zero attached hydrogens (tertiary/aromatic N) is 2. The van der Waals surface area contributed by atoms with E-state index in [1.165, 1.54) is 0 Å². The maximum atomic E-state index is 12.4. The molecular formula is C24H20N2O3. The lowest BCUT2D eigenvalue weighted by molar-refractivity contribution is 0.0734. The van der Waals surface area contributed by atoms with Gasteiger partial charge in [-0.2, -0.15) is 5.26 Å². The summed E-state index contributed by atoms with van der Waals surface area (Å²) in [5.74, 6) is 0.106. The number of hydrogen-bond donors (Lipinski definition) is 0. The zero-order valence-corrected chi connectivity index (χ0v) is 15.9. The second-order valence-electron chi connectivity index (χ2n) is 6.75. The lowest BCUT2D eigenvalue weighted by atomic mass is 10.0. The van der Waals surface area contributed by atoms with Gasteiger partial charge in [-0.05, 0) is 59.7 Å². The lowest BCUT2D eigenvalue weighted by Gasteiger charge is -2.28. The number of esters is 1. The van der Waals surface area contributed by atoms with Gasteiger partial charge in [0.25, 0.3) is 0 Å². The Morgan fingerprint density at radius 3 is 2.03 bits per heavy atom. The van der Waals surface area contributed by atoms with E-state index in [-0.39, 0.29) is 5.97 Å². The monoisotopic (exact) mass is 384 g/mol. The molecule has 0 radical (unpaired) electrons. The average Bonchev–Trinajstić information content (AvgIpc) is 2.80. The van der Waals surface area contributed by atoms with Crippen LogP contribution in [0.2, 0.25) is 0 Å². The van der Waals surface area contributed by atoms with Crippen LogP contribution < -0.4 is 9.64 Å². The predicted molar refractivity (Wildman–Crippen MR) is 111 cm³/mol. The van der Waals surface area contributed by atoms with Crippen LogP contribution in [-0.2, 0) is 4.74 Å². The molecule has 1 fully saturated rings. The first-order valence-electron chi connectivity index (χ1n) is 9.48. The van der Waals surface area contributed by atoms with E-state index in [0.29, 0.717) is 16.9 Å². The molecule has 5 heteroatoms. The smallest absolute Gasteiger partial charge is 0.343 e. The Balaban J connectivity index is 1.40. The van der Waals surface area contributed by atoms with E-state index in [1.807, 2.05) is 36.4 Å². The van der Waals surface area contributed by atoms with Crippen molar-refractivity contribution >= 4 is 11.7 Å². The van der Waals surface area contributed by atoms with Crippen LogP contribution >= 0.6 is 0 Å². The van der Waals surface area contributed by atoms with Gasteiger partial charge >= 0.3 is 5.97 Å². The van der Waals surface area contributed by atoms with Crippen LogP contribution in [0.3, 0.4) is 0 Å². The van der Waals surface area contributed by atoms with E-state index < -0.39 is 0 Å². The highest BCUT2D eigenvalue weighted by molar-refractivity contribution is 5.91. The van der Waals surface area contributed by atoms with Crippen LogP contribution in [0.15, 0.2) is 72.8 Å². The molecule has 0 aliphatic carbocycles. The molecule has 0 unspecified atom stereocenters. The van der Waals surface area contributed by atoms with E-state index in [0.717, 1.165) is 43.1 Å². The van der Waals surface area contributed by atoms with Crippen LogP contribution in [0, 0.1) is 11.3 Å². The molecule has 0 N–H and O–H groups in total.